The Kier molecular flexibility index (Phi) is 4.73. The maximum Gasteiger partial charge on any atom is 0.280 e. The molecule has 4 nitrogen and oxygen atoms in total. The molecule has 0 fully saturated rings. The number of nitrogens with zero attached hydrogens (tertiary/aromatic N) is 2. The number of hydrogen-bond acceptors (Lipinski definition) is 3. The molecule has 1 aromatic heterocycles. The smallest absolute Gasteiger partial charge is 0.280 e. The number of para-hydroxylation sites is 1. The quantitative estimate of drug-likeness (QED) is 0.516. The number of nitrogens with one attached hydrogen (secondary N) is 1. The molecule has 0 amide bonds. The van der Waals surface area contributed by atoms with Crippen molar-refractivity contribution < 1.29 is 4.39 Å². The zero-order chi connectivity index (χ0) is 18.8. The van der Waals surface area contributed by atoms with Crippen LogP contribution >= 0.6 is 15.9 Å². The van der Waals surface area contributed by atoms with E-state index in [0.29, 0.717) is 28.8 Å². The van der Waals surface area contributed by atoms with E-state index in [4.69, 9.17) is 0 Å². The van der Waals surface area contributed by atoms with Crippen LogP contribution in [0.3, 0.4) is 0 Å². The SMILES string of the molecule is O=c1c2ccccc2nc(-c2ccc(F)cc2)n1NCc1cccc(Br)c1. The fourth-order valence-corrected chi connectivity index (χ4v) is 3.34. The van der Waals surface area contributed by atoms with Crippen LogP contribution in [0.25, 0.3) is 22.3 Å². The zero-order valence-corrected chi connectivity index (χ0v) is 15.8. The Labute approximate surface area is 163 Å². The maximum atomic E-state index is 13.3. The van der Waals surface area contributed by atoms with Crippen molar-refractivity contribution in [2.75, 3.05) is 5.43 Å². The number of rotatable bonds is 4. The molecular weight excluding hydrogens is 409 g/mol. The summed E-state index contributed by atoms with van der Waals surface area (Å²) >= 11 is 3.45. The van der Waals surface area contributed by atoms with Gasteiger partial charge in [-0.1, -0.05) is 40.2 Å². The van der Waals surface area contributed by atoms with Gasteiger partial charge in [-0.25, -0.2) is 14.1 Å². The van der Waals surface area contributed by atoms with E-state index in [0.717, 1.165) is 10.0 Å². The van der Waals surface area contributed by atoms with Crippen LogP contribution in [0, 0.1) is 5.82 Å². The first-order valence-electron chi connectivity index (χ1n) is 8.38. The summed E-state index contributed by atoms with van der Waals surface area (Å²) in [4.78, 5) is 17.7. The normalized spacial score (nSPS) is 10.9. The van der Waals surface area contributed by atoms with Gasteiger partial charge in [0.2, 0.25) is 0 Å². The minimum absolute atomic E-state index is 0.199. The third-order valence-electron chi connectivity index (χ3n) is 4.21. The third kappa shape index (κ3) is 3.61. The van der Waals surface area contributed by atoms with Crippen LogP contribution in [-0.2, 0) is 6.54 Å². The minimum atomic E-state index is -0.337. The highest BCUT2D eigenvalue weighted by molar-refractivity contribution is 9.10. The van der Waals surface area contributed by atoms with E-state index >= 15 is 0 Å². The number of benzene rings is 3. The summed E-state index contributed by atoms with van der Waals surface area (Å²) in [6.45, 7) is 0.438. The molecule has 0 radical (unpaired) electrons. The molecule has 3 aromatic carbocycles. The van der Waals surface area contributed by atoms with E-state index in [9.17, 15) is 9.18 Å². The van der Waals surface area contributed by atoms with Crippen molar-refractivity contribution in [2.45, 2.75) is 6.54 Å². The molecule has 4 aromatic rings. The Hall–Kier alpha value is -2.99. The fourth-order valence-electron chi connectivity index (χ4n) is 2.89. The first kappa shape index (κ1) is 17.4. The van der Waals surface area contributed by atoms with Crippen molar-refractivity contribution in [1.82, 2.24) is 9.66 Å². The monoisotopic (exact) mass is 423 g/mol. The largest absolute Gasteiger partial charge is 0.317 e. The summed E-state index contributed by atoms with van der Waals surface area (Å²) in [6.07, 6.45) is 0. The molecule has 0 aliphatic rings. The Morgan fingerprint density at radius 1 is 1.00 bits per heavy atom. The van der Waals surface area contributed by atoms with E-state index in [1.54, 1.807) is 24.3 Å². The van der Waals surface area contributed by atoms with Crippen molar-refractivity contribution in [1.29, 1.82) is 0 Å². The lowest BCUT2D eigenvalue weighted by molar-refractivity contribution is 0.628. The van der Waals surface area contributed by atoms with Gasteiger partial charge in [0.1, 0.15) is 5.82 Å². The molecule has 0 saturated heterocycles. The Bertz CT molecular complexity index is 1170. The van der Waals surface area contributed by atoms with Crippen LogP contribution < -0.4 is 11.0 Å². The summed E-state index contributed by atoms with van der Waals surface area (Å²) in [5.41, 5.74) is 5.22. The second-order valence-electron chi connectivity index (χ2n) is 6.06. The van der Waals surface area contributed by atoms with Gasteiger partial charge >= 0.3 is 0 Å². The Morgan fingerprint density at radius 3 is 2.56 bits per heavy atom. The van der Waals surface area contributed by atoms with Crippen molar-refractivity contribution in [2.24, 2.45) is 0 Å². The van der Waals surface area contributed by atoms with Gasteiger partial charge in [-0.05, 0) is 54.1 Å². The van der Waals surface area contributed by atoms with Crippen LogP contribution in [0.2, 0.25) is 0 Å². The van der Waals surface area contributed by atoms with E-state index < -0.39 is 0 Å². The second kappa shape index (κ2) is 7.32. The molecule has 4 rings (SSSR count). The highest BCUT2D eigenvalue weighted by atomic mass is 79.9. The van der Waals surface area contributed by atoms with Crippen LogP contribution in [0.4, 0.5) is 4.39 Å². The van der Waals surface area contributed by atoms with Gasteiger partial charge in [0, 0.05) is 10.0 Å². The summed E-state index contributed by atoms with van der Waals surface area (Å²) in [7, 11) is 0. The first-order valence-corrected chi connectivity index (χ1v) is 9.17. The summed E-state index contributed by atoms with van der Waals surface area (Å²) in [5, 5.41) is 0.519. The van der Waals surface area contributed by atoms with Crippen LogP contribution in [0.15, 0.2) is 82.1 Å². The molecule has 0 saturated carbocycles. The predicted molar refractivity (Wildman–Crippen MR) is 109 cm³/mol. The average Bonchev–Trinajstić information content (AvgIpc) is 2.68. The molecule has 0 spiro atoms. The third-order valence-corrected chi connectivity index (χ3v) is 4.70. The van der Waals surface area contributed by atoms with Gasteiger partial charge in [-0.2, -0.15) is 0 Å². The van der Waals surface area contributed by atoms with Gasteiger partial charge in [0.05, 0.1) is 17.4 Å². The van der Waals surface area contributed by atoms with Gasteiger partial charge < -0.3 is 5.43 Å². The molecule has 0 aliphatic heterocycles. The van der Waals surface area contributed by atoms with Crippen molar-refractivity contribution in [3.63, 3.8) is 0 Å². The lowest BCUT2D eigenvalue weighted by atomic mass is 10.2. The van der Waals surface area contributed by atoms with Crippen LogP contribution in [-0.4, -0.2) is 9.66 Å². The highest BCUT2D eigenvalue weighted by Gasteiger charge is 2.13. The minimum Gasteiger partial charge on any atom is -0.317 e. The van der Waals surface area contributed by atoms with E-state index in [1.807, 2.05) is 36.4 Å². The van der Waals surface area contributed by atoms with Gasteiger partial charge in [0.25, 0.3) is 5.56 Å². The van der Waals surface area contributed by atoms with Gasteiger partial charge in [-0.3, -0.25) is 4.79 Å². The molecule has 0 aliphatic carbocycles. The van der Waals surface area contributed by atoms with Crippen molar-refractivity contribution in [3.05, 3.63) is 99.0 Å². The lowest BCUT2D eigenvalue weighted by Crippen LogP contribution is -2.31. The van der Waals surface area contributed by atoms with Gasteiger partial charge in [-0.15, -0.1) is 0 Å². The zero-order valence-electron chi connectivity index (χ0n) is 14.2. The standard InChI is InChI=1S/C21H15BrFN3O/c22-16-5-3-4-14(12-16)13-24-26-20(15-8-10-17(23)11-9-15)25-19-7-2-1-6-18(19)21(26)27/h1-12,24H,13H2. The highest BCUT2D eigenvalue weighted by Crippen LogP contribution is 2.19. The molecule has 0 atom stereocenters. The van der Waals surface area contributed by atoms with E-state index in [2.05, 4.69) is 26.3 Å². The molecule has 0 bridgehead atoms. The molecular formula is C21H15BrFN3O. The van der Waals surface area contributed by atoms with E-state index in [-0.39, 0.29) is 11.4 Å². The van der Waals surface area contributed by atoms with Crippen molar-refractivity contribution in [3.8, 4) is 11.4 Å². The lowest BCUT2D eigenvalue weighted by Gasteiger charge is -2.16. The first-order chi connectivity index (χ1) is 13.1. The van der Waals surface area contributed by atoms with Crippen molar-refractivity contribution >= 4 is 26.8 Å². The van der Waals surface area contributed by atoms with Crippen LogP contribution in [0.1, 0.15) is 5.56 Å². The second-order valence-corrected chi connectivity index (χ2v) is 6.98. The molecule has 134 valence electrons. The number of halogens is 2. The van der Waals surface area contributed by atoms with Gasteiger partial charge in [0.15, 0.2) is 5.82 Å². The molecule has 1 heterocycles. The fraction of sp³-hybridized carbons (Fsp3) is 0.0476. The number of aromatic nitrogens is 2. The molecule has 1 N–H and O–H groups in total. The Balaban J connectivity index is 1.83. The Morgan fingerprint density at radius 2 is 1.78 bits per heavy atom. The van der Waals surface area contributed by atoms with Crippen LogP contribution in [0.5, 0.6) is 0 Å². The topological polar surface area (TPSA) is 46.9 Å². The number of hydrogen-bond donors (Lipinski definition) is 1. The molecule has 27 heavy (non-hydrogen) atoms. The summed E-state index contributed by atoms with van der Waals surface area (Å²) in [6, 6.07) is 20.9. The van der Waals surface area contributed by atoms with E-state index in [1.165, 1.54) is 16.8 Å². The summed E-state index contributed by atoms with van der Waals surface area (Å²) in [5.74, 6) is 0.101. The summed E-state index contributed by atoms with van der Waals surface area (Å²) < 4.78 is 15.7. The predicted octanol–water partition coefficient (Wildman–Crippen LogP) is 4.71. The maximum absolute atomic E-state index is 13.3. The average molecular weight is 424 g/mol. The number of fused-ring (bicyclic) bond motifs is 1. The molecule has 6 heteroatoms. The molecule has 0 unspecified atom stereocenters.